The first-order valence-corrected chi connectivity index (χ1v) is 11.2. The molecule has 1 unspecified atom stereocenters. The van der Waals surface area contributed by atoms with Gasteiger partial charge in [0.05, 0.1) is 30.8 Å². The number of hydrogen-bond donors (Lipinski definition) is 3. The lowest BCUT2D eigenvalue weighted by atomic mass is 9.96. The molecule has 0 radical (unpaired) electrons. The maximum atomic E-state index is 13.5. The first-order chi connectivity index (χ1) is 16.2. The molecule has 0 bridgehead atoms. The molecule has 0 saturated heterocycles. The van der Waals surface area contributed by atoms with E-state index in [9.17, 15) is 19.2 Å². The van der Waals surface area contributed by atoms with Gasteiger partial charge in [-0.15, -0.1) is 0 Å². The minimum atomic E-state index is -0.854. The molecule has 1 heterocycles. The molecule has 2 aromatic rings. The Morgan fingerprint density at radius 2 is 1.88 bits per heavy atom. The number of hydrogen-bond acceptors (Lipinski definition) is 6. The Kier molecular flexibility index (Phi) is 7.88. The number of esters is 1. The van der Waals surface area contributed by atoms with Crippen LogP contribution in [-0.2, 0) is 19.1 Å². The van der Waals surface area contributed by atoms with E-state index in [1.807, 2.05) is 19.9 Å². The van der Waals surface area contributed by atoms with E-state index in [4.69, 9.17) is 10.5 Å². The third-order valence-electron chi connectivity index (χ3n) is 6.03. The summed E-state index contributed by atoms with van der Waals surface area (Å²) in [5.74, 6) is -2.03. The van der Waals surface area contributed by atoms with E-state index in [0.29, 0.717) is 17.8 Å². The van der Waals surface area contributed by atoms with Crippen LogP contribution in [0.25, 0.3) is 0 Å². The van der Waals surface area contributed by atoms with Crippen LogP contribution in [0.4, 0.5) is 11.4 Å². The van der Waals surface area contributed by atoms with Gasteiger partial charge in [-0.3, -0.25) is 19.2 Å². The fourth-order valence-corrected chi connectivity index (χ4v) is 4.02. The molecule has 2 aromatic carbocycles. The number of rotatable bonds is 8. The van der Waals surface area contributed by atoms with E-state index >= 15 is 0 Å². The van der Waals surface area contributed by atoms with Crippen LogP contribution in [0.1, 0.15) is 48.7 Å². The Balaban J connectivity index is 1.91. The van der Waals surface area contributed by atoms with Gasteiger partial charge < -0.3 is 26.0 Å². The second-order valence-electron chi connectivity index (χ2n) is 8.37. The van der Waals surface area contributed by atoms with Crippen molar-refractivity contribution in [3.8, 4) is 0 Å². The highest BCUT2D eigenvalue weighted by Gasteiger charge is 2.39. The second-order valence-corrected chi connectivity index (χ2v) is 8.37. The zero-order valence-electron chi connectivity index (χ0n) is 19.5. The minimum Gasteiger partial charge on any atom is -0.469 e. The standard InChI is InChI=1S/C25H30N4O5/c1-4-15(2)23-24(32)28-19-11-10-17(26)12-18(19)25(33)29(23)14-21(30)27-20(13-22(31)34-3)16-8-6-5-7-9-16/h5-12,15,20,23H,4,13-14,26H2,1-3H3,(H,27,30)(H,28,32)/t15-,20?,23-/m0/s1. The molecule has 0 spiro atoms. The summed E-state index contributed by atoms with van der Waals surface area (Å²) >= 11 is 0. The van der Waals surface area contributed by atoms with Gasteiger partial charge in [0.2, 0.25) is 11.8 Å². The van der Waals surface area contributed by atoms with Gasteiger partial charge in [-0.2, -0.15) is 0 Å². The minimum absolute atomic E-state index is 0.0746. The third kappa shape index (κ3) is 5.54. The van der Waals surface area contributed by atoms with Gasteiger partial charge in [0.25, 0.3) is 5.91 Å². The summed E-state index contributed by atoms with van der Waals surface area (Å²) < 4.78 is 4.78. The highest BCUT2D eigenvalue weighted by atomic mass is 16.5. The summed E-state index contributed by atoms with van der Waals surface area (Å²) in [5, 5.41) is 5.62. The Bertz CT molecular complexity index is 1070. The second kappa shape index (κ2) is 10.8. The molecule has 1 aliphatic rings. The fraction of sp³-hybridized carbons (Fsp3) is 0.360. The van der Waals surface area contributed by atoms with Crippen molar-refractivity contribution in [2.24, 2.45) is 5.92 Å². The number of nitrogens with one attached hydrogen (secondary N) is 2. The van der Waals surface area contributed by atoms with Crippen LogP contribution in [0.15, 0.2) is 48.5 Å². The number of nitrogens with zero attached hydrogens (tertiary/aromatic N) is 1. The zero-order valence-corrected chi connectivity index (χ0v) is 19.5. The number of ether oxygens (including phenoxy) is 1. The summed E-state index contributed by atoms with van der Waals surface area (Å²) in [6, 6.07) is 12.2. The fourth-order valence-electron chi connectivity index (χ4n) is 4.02. The van der Waals surface area contributed by atoms with E-state index < -0.39 is 29.9 Å². The van der Waals surface area contributed by atoms with Gasteiger partial charge in [0.1, 0.15) is 12.6 Å². The van der Waals surface area contributed by atoms with E-state index in [2.05, 4.69) is 10.6 Å². The number of methoxy groups -OCH3 is 1. The van der Waals surface area contributed by atoms with Gasteiger partial charge in [-0.25, -0.2) is 0 Å². The molecule has 3 rings (SSSR count). The molecule has 3 amide bonds. The van der Waals surface area contributed by atoms with Gasteiger partial charge in [-0.1, -0.05) is 50.6 Å². The largest absolute Gasteiger partial charge is 0.469 e. The van der Waals surface area contributed by atoms with Gasteiger partial charge in [0, 0.05) is 5.69 Å². The van der Waals surface area contributed by atoms with Crippen LogP contribution in [0.3, 0.4) is 0 Å². The van der Waals surface area contributed by atoms with Crippen molar-refractivity contribution < 1.29 is 23.9 Å². The first kappa shape index (κ1) is 24.8. The molecule has 9 nitrogen and oxygen atoms in total. The Labute approximate surface area is 198 Å². The average molecular weight is 467 g/mol. The molecule has 0 aliphatic carbocycles. The first-order valence-electron chi connectivity index (χ1n) is 11.2. The average Bonchev–Trinajstić information content (AvgIpc) is 2.93. The summed E-state index contributed by atoms with van der Waals surface area (Å²) in [7, 11) is 1.28. The Morgan fingerprint density at radius 3 is 2.53 bits per heavy atom. The predicted molar refractivity (Wildman–Crippen MR) is 128 cm³/mol. The monoisotopic (exact) mass is 466 g/mol. The highest BCUT2D eigenvalue weighted by Crippen LogP contribution is 2.29. The Morgan fingerprint density at radius 1 is 1.18 bits per heavy atom. The number of nitrogens with two attached hydrogens (primary N) is 1. The van der Waals surface area contributed by atoms with Crippen LogP contribution in [-0.4, -0.2) is 48.3 Å². The third-order valence-corrected chi connectivity index (χ3v) is 6.03. The van der Waals surface area contributed by atoms with Crippen molar-refractivity contribution in [1.82, 2.24) is 10.2 Å². The molecule has 0 saturated carbocycles. The number of nitrogen functional groups attached to an aromatic ring is 1. The van der Waals surface area contributed by atoms with Crippen molar-refractivity contribution in [1.29, 1.82) is 0 Å². The van der Waals surface area contributed by atoms with Crippen LogP contribution < -0.4 is 16.4 Å². The summed E-state index contributed by atoms with van der Waals surface area (Å²) in [6.45, 7) is 3.41. The quantitative estimate of drug-likeness (QED) is 0.405. The molecule has 180 valence electrons. The van der Waals surface area contributed by atoms with Gasteiger partial charge in [-0.05, 0) is 29.7 Å². The van der Waals surface area contributed by atoms with Crippen molar-refractivity contribution >= 4 is 35.1 Å². The number of carbonyl (C=O) groups is 4. The topological polar surface area (TPSA) is 131 Å². The molecule has 0 aromatic heterocycles. The van der Waals surface area contributed by atoms with E-state index in [0.717, 1.165) is 5.56 Å². The van der Waals surface area contributed by atoms with Crippen LogP contribution >= 0.6 is 0 Å². The lowest BCUT2D eigenvalue weighted by Crippen LogP contribution is -2.52. The van der Waals surface area contributed by atoms with Crippen LogP contribution in [0.2, 0.25) is 0 Å². The predicted octanol–water partition coefficient (Wildman–Crippen LogP) is 2.50. The summed E-state index contributed by atoms with van der Waals surface area (Å²) in [5.41, 5.74) is 7.55. The normalized spacial score (nSPS) is 17.1. The van der Waals surface area contributed by atoms with Crippen LogP contribution in [0, 0.1) is 5.92 Å². The van der Waals surface area contributed by atoms with Crippen molar-refractivity contribution in [2.75, 3.05) is 24.7 Å². The maximum Gasteiger partial charge on any atom is 0.307 e. The van der Waals surface area contributed by atoms with Crippen molar-refractivity contribution in [3.05, 3.63) is 59.7 Å². The molecular formula is C25H30N4O5. The lowest BCUT2D eigenvalue weighted by Gasteiger charge is -2.32. The van der Waals surface area contributed by atoms with Crippen LogP contribution in [0.5, 0.6) is 0 Å². The van der Waals surface area contributed by atoms with E-state index in [-0.39, 0.29) is 30.4 Å². The van der Waals surface area contributed by atoms with Crippen molar-refractivity contribution in [2.45, 2.75) is 38.8 Å². The lowest BCUT2D eigenvalue weighted by molar-refractivity contribution is -0.141. The molecule has 3 atom stereocenters. The molecule has 0 fully saturated rings. The Hall–Kier alpha value is -3.88. The zero-order chi connectivity index (χ0) is 24.8. The smallest absolute Gasteiger partial charge is 0.307 e. The molecule has 4 N–H and O–H groups in total. The number of carbonyl (C=O) groups excluding carboxylic acids is 4. The molecule has 1 aliphatic heterocycles. The number of anilines is 2. The van der Waals surface area contributed by atoms with Gasteiger partial charge in [0.15, 0.2) is 0 Å². The van der Waals surface area contributed by atoms with E-state index in [1.165, 1.54) is 18.1 Å². The maximum absolute atomic E-state index is 13.5. The highest BCUT2D eigenvalue weighted by molar-refractivity contribution is 6.11. The molecule has 34 heavy (non-hydrogen) atoms. The molecular weight excluding hydrogens is 436 g/mol. The SMILES string of the molecule is CC[C@H](C)[C@H]1C(=O)Nc2ccc(N)cc2C(=O)N1CC(=O)NC(CC(=O)OC)c1ccccc1. The summed E-state index contributed by atoms with van der Waals surface area (Å²) in [6.07, 6.45) is 0.547. The number of amides is 3. The van der Waals surface area contributed by atoms with Gasteiger partial charge >= 0.3 is 5.97 Å². The summed E-state index contributed by atoms with van der Waals surface area (Å²) in [4.78, 5) is 53.0. The number of fused-ring (bicyclic) bond motifs is 1. The van der Waals surface area contributed by atoms with Crippen molar-refractivity contribution in [3.63, 3.8) is 0 Å². The molecule has 9 heteroatoms. The number of benzene rings is 2. The van der Waals surface area contributed by atoms with E-state index in [1.54, 1.807) is 36.4 Å².